The predicted molar refractivity (Wildman–Crippen MR) is 63.3 cm³/mol. The highest BCUT2D eigenvalue weighted by molar-refractivity contribution is 6.28. The Bertz CT molecular complexity index is 388. The second kappa shape index (κ2) is 4.02. The average Bonchev–Trinajstić information content (AvgIpc) is 2.96. The first-order chi connectivity index (χ1) is 7.78. The maximum Gasteiger partial charge on any atom is 0.225 e. The number of hydrogen-bond donors (Lipinski definition) is 0. The second-order valence-corrected chi connectivity index (χ2v) is 5.62. The quantitative estimate of drug-likeness (QED) is 0.812. The number of nitrogens with zero attached hydrogens (tertiary/aromatic N) is 3. The molecule has 2 aliphatic rings. The number of aromatic nitrogens is 3. The number of hydrogen-bond acceptors (Lipinski definition) is 2. The van der Waals surface area contributed by atoms with Crippen LogP contribution in [0.3, 0.4) is 0 Å². The molecule has 2 fully saturated rings. The molecule has 2 aliphatic carbocycles. The van der Waals surface area contributed by atoms with E-state index in [2.05, 4.69) is 21.7 Å². The van der Waals surface area contributed by atoms with Crippen LogP contribution in [0.2, 0.25) is 5.28 Å². The van der Waals surface area contributed by atoms with Crippen molar-refractivity contribution in [1.29, 1.82) is 0 Å². The molecule has 3 unspecified atom stereocenters. The van der Waals surface area contributed by atoms with Crippen LogP contribution in [0.1, 0.15) is 38.4 Å². The first kappa shape index (κ1) is 10.6. The van der Waals surface area contributed by atoms with Crippen molar-refractivity contribution in [1.82, 2.24) is 14.8 Å². The largest absolute Gasteiger partial charge is 0.301 e. The van der Waals surface area contributed by atoms with Crippen LogP contribution in [0.15, 0.2) is 0 Å². The van der Waals surface area contributed by atoms with Gasteiger partial charge in [-0.2, -0.15) is 0 Å². The van der Waals surface area contributed by atoms with Crippen LogP contribution in [0.25, 0.3) is 0 Å². The zero-order chi connectivity index (χ0) is 11.1. The van der Waals surface area contributed by atoms with E-state index < -0.39 is 0 Å². The summed E-state index contributed by atoms with van der Waals surface area (Å²) >= 11 is 6.09. The van der Waals surface area contributed by atoms with Crippen LogP contribution in [-0.4, -0.2) is 14.8 Å². The van der Waals surface area contributed by atoms with Crippen LogP contribution in [0.5, 0.6) is 0 Å². The van der Waals surface area contributed by atoms with Gasteiger partial charge >= 0.3 is 0 Å². The lowest BCUT2D eigenvalue weighted by molar-refractivity contribution is 0.293. The van der Waals surface area contributed by atoms with Crippen LogP contribution in [0, 0.1) is 17.8 Å². The van der Waals surface area contributed by atoms with Gasteiger partial charge in [0.2, 0.25) is 5.28 Å². The minimum absolute atomic E-state index is 0.569. The summed E-state index contributed by atoms with van der Waals surface area (Å²) in [5, 5.41) is 8.66. The lowest BCUT2D eigenvalue weighted by Gasteiger charge is -2.22. The monoisotopic (exact) mass is 239 g/mol. The Labute approximate surface area is 101 Å². The minimum atomic E-state index is 0.569. The standard InChI is InChI=1S/C12H18ClN3/c1-2-11-14-15-12(13)16(11)7-10-6-8-3-4-9(10)5-8/h8-10H,2-7H2,1H3. The summed E-state index contributed by atoms with van der Waals surface area (Å²) in [4.78, 5) is 0. The number of halogens is 1. The highest BCUT2D eigenvalue weighted by Gasteiger charge is 2.39. The van der Waals surface area contributed by atoms with E-state index in [4.69, 9.17) is 11.6 Å². The van der Waals surface area contributed by atoms with Gasteiger partial charge in [-0.25, -0.2) is 0 Å². The summed E-state index contributed by atoms with van der Waals surface area (Å²) in [6, 6.07) is 0. The van der Waals surface area contributed by atoms with E-state index in [1.807, 2.05) is 0 Å². The van der Waals surface area contributed by atoms with Crippen molar-refractivity contribution in [2.75, 3.05) is 0 Å². The average molecular weight is 240 g/mol. The lowest BCUT2D eigenvalue weighted by Crippen LogP contribution is -2.18. The third-order valence-corrected chi connectivity index (χ3v) is 4.68. The Balaban J connectivity index is 1.76. The van der Waals surface area contributed by atoms with E-state index in [1.54, 1.807) is 0 Å². The predicted octanol–water partition coefficient (Wildman–Crippen LogP) is 2.93. The fourth-order valence-corrected chi connectivity index (χ4v) is 3.79. The van der Waals surface area contributed by atoms with E-state index in [1.165, 1.54) is 25.7 Å². The van der Waals surface area contributed by atoms with Crippen molar-refractivity contribution in [3.63, 3.8) is 0 Å². The molecule has 1 heterocycles. The van der Waals surface area contributed by atoms with Crippen molar-refractivity contribution in [3.05, 3.63) is 11.1 Å². The molecule has 3 atom stereocenters. The highest BCUT2D eigenvalue weighted by Crippen LogP contribution is 2.49. The van der Waals surface area contributed by atoms with E-state index >= 15 is 0 Å². The van der Waals surface area contributed by atoms with Gasteiger partial charge in [0.1, 0.15) is 5.82 Å². The van der Waals surface area contributed by atoms with Crippen molar-refractivity contribution in [2.24, 2.45) is 17.8 Å². The first-order valence-electron chi connectivity index (χ1n) is 6.35. The molecule has 0 amide bonds. The Morgan fingerprint density at radius 2 is 2.19 bits per heavy atom. The molecule has 1 aromatic rings. The van der Waals surface area contributed by atoms with Gasteiger partial charge in [-0.15, -0.1) is 10.2 Å². The summed E-state index contributed by atoms with van der Waals surface area (Å²) in [5.41, 5.74) is 0. The summed E-state index contributed by atoms with van der Waals surface area (Å²) in [6.07, 6.45) is 6.64. The Hall–Kier alpha value is -0.570. The van der Waals surface area contributed by atoms with Gasteiger partial charge in [0.15, 0.2) is 0 Å². The van der Waals surface area contributed by atoms with Gasteiger partial charge in [-0.1, -0.05) is 13.3 Å². The molecule has 3 nitrogen and oxygen atoms in total. The van der Waals surface area contributed by atoms with Gasteiger partial charge in [0.25, 0.3) is 0 Å². The molecule has 16 heavy (non-hydrogen) atoms. The lowest BCUT2D eigenvalue weighted by atomic mass is 9.89. The van der Waals surface area contributed by atoms with Gasteiger partial charge in [-0.3, -0.25) is 0 Å². The normalized spacial score (nSPS) is 32.5. The maximum atomic E-state index is 6.09. The molecular weight excluding hydrogens is 222 g/mol. The van der Waals surface area contributed by atoms with Gasteiger partial charge in [-0.05, 0) is 48.6 Å². The number of aryl methyl sites for hydroxylation is 1. The SMILES string of the molecule is CCc1nnc(Cl)n1CC1CC2CCC1C2. The molecule has 1 aromatic heterocycles. The highest BCUT2D eigenvalue weighted by atomic mass is 35.5. The molecule has 0 aliphatic heterocycles. The Kier molecular flexibility index (Phi) is 2.66. The molecule has 4 heteroatoms. The summed E-state index contributed by atoms with van der Waals surface area (Å²) < 4.78 is 2.12. The fraction of sp³-hybridized carbons (Fsp3) is 0.833. The minimum Gasteiger partial charge on any atom is -0.301 e. The fourth-order valence-electron chi connectivity index (χ4n) is 3.59. The number of rotatable bonds is 3. The molecule has 0 saturated heterocycles. The molecule has 2 saturated carbocycles. The summed E-state index contributed by atoms with van der Waals surface area (Å²) in [7, 11) is 0. The Morgan fingerprint density at radius 3 is 2.81 bits per heavy atom. The molecule has 0 radical (unpaired) electrons. The van der Waals surface area contributed by atoms with Gasteiger partial charge < -0.3 is 4.57 Å². The topological polar surface area (TPSA) is 30.7 Å². The summed E-state index contributed by atoms with van der Waals surface area (Å²) in [6.45, 7) is 3.15. The van der Waals surface area contributed by atoms with Crippen molar-refractivity contribution in [3.8, 4) is 0 Å². The maximum absolute atomic E-state index is 6.09. The smallest absolute Gasteiger partial charge is 0.225 e. The first-order valence-corrected chi connectivity index (χ1v) is 6.73. The molecule has 2 bridgehead atoms. The third-order valence-electron chi connectivity index (χ3n) is 4.40. The van der Waals surface area contributed by atoms with Crippen LogP contribution in [0.4, 0.5) is 0 Å². The van der Waals surface area contributed by atoms with Gasteiger partial charge in [0.05, 0.1) is 0 Å². The second-order valence-electron chi connectivity index (χ2n) is 5.28. The molecular formula is C12H18ClN3. The van der Waals surface area contributed by atoms with Crippen molar-refractivity contribution in [2.45, 2.75) is 45.6 Å². The number of fused-ring (bicyclic) bond motifs is 2. The van der Waals surface area contributed by atoms with E-state index in [0.717, 1.165) is 36.5 Å². The Morgan fingerprint density at radius 1 is 1.31 bits per heavy atom. The zero-order valence-electron chi connectivity index (χ0n) is 9.69. The van der Waals surface area contributed by atoms with Crippen molar-refractivity contribution >= 4 is 11.6 Å². The van der Waals surface area contributed by atoms with Crippen LogP contribution < -0.4 is 0 Å². The van der Waals surface area contributed by atoms with E-state index in [0.29, 0.717) is 5.28 Å². The third kappa shape index (κ3) is 1.65. The van der Waals surface area contributed by atoms with Crippen LogP contribution in [-0.2, 0) is 13.0 Å². The molecule has 3 rings (SSSR count). The van der Waals surface area contributed by atoms with Gasteiger partial charge in [0, 0.05) is 13.0 Å². The molecule has 88 valence electrons. The van der Waals surface area contributed by atoms with E-state index in [-0.39, 0.29) is 0 Å². The molecule has 0 N–H and O–H groups in total. The molecule has 0 aromatic carbocycles. The molecule has 0 spiro atoms. The van der Waals surface area contributed by atoms with Crippen molar-refractivity contribution < 1.29 is 0 Å². The zero-order valence-corrected chi connectivity index (χ0v) is 10.5. The van der Waals surface area contributed by atoms with E-state index in [9.17, 15) is 0 Å². The summed E-state index contributed by atoms with van der Waals surface area (Å²) in [5.74, 6) is 3.79. The van der Waals surface area contributed by atoms with Crippen LogP contribution >= 0.6 is 11.6 Å².